The first-order valence-electron chi connectivity index (χ1n) is 11.5. The molecule has 1 aliphatic heterocycles. The molecule has 0 saturated carbocycles. The fourth-order valence-electron chi connectivity index (χ4n) is 4.68. The maximum absolute atomic E-state index is 13.2. The van der Waals surface area contributed by atoms with Crippen molar-refractivity contribution in [1.29, 1.82) is 0 Å². The van der Waals surface area contributed by atoms with Crippen LogP contribution >= 0.6 is 0 Å². The summed E-state index contributed by atoms with van der Waals surface area (Å²) in [5.74, 6) is -1.42. The highest BCUT2D eigenvalue weighted by molar-refractivity contribution is 7.89. The van der Waals surface area contributed by atoms with Crippen LogP contribution in [0.15, 0.2) is 59.6 Å². The molecule has 1 N–H and O–H groups in total. The summed E-state index contributed by atoms with van der Waals surface area (Å²) in [5.41, 5.74) is 3.57. The van der Waals surface area contributed by atoms with Gasteiger partial charge in [0.1, 0.15) is 0 Å². The van der Waals surface area contributed by atoms with E-state index in [4.69, 9.17) is 0 Å². The van der Waals surface area contributed by atoms with Crippen LogP contribution in [0, 0.1) is 0 Å². The van der Waals surface area contributed by atoms with Crippen molar-refractivity contribution in [2.75, 3.05) is 31.5 Å². The molecule has 2 aromatic carbocycles. The lowest BCUT2D eigenvalue weighted by molar-refractivity contribution is -0.143. The maximum atomic E-state index is 13.2. The SMILES string of the molecule is O=C(Nc1cccc2ncccc12)C(=O)N1CCN(S(=O)(=O)c2ccc3c(c2)CCCC3)CC1. The minimum Gasteiger partial charge on any atom is -0.332 e. The third kappa shape index (κ3) is 4.28. The fraction of sp³-hybridized carbons (Fsp3) is 0.320. The van der Waals surface area contributed by atoms with Gasteiger partial charge in [-0.2, -0.15) is 4.31 Å². The van der Waals surface area contributed by atoms with Crippen molar-refractivity contribution < 1.29 is 18.0 Å². The van der Waals surface area contributed by atoms with Crippen molar-refractivity contribution in [2.24, 2.45) is 0 Å². The number of amides is 2. The Bertz CT molecular complexity index is 1360. The molecule has 176 valence electrons. The summed E-state index contributed by atoms with van der Waals surface area (Å²) in [6.45, 7) is 0.619. The normalized spacial score (nSPS) is 16.8. The van der Waals surface area contributed by atoms with Gasteiger partial charge in [-0.1, -0.05) is 12.1 Å². The van der Waals surface area contributed by atoms with E-state index < -0.39 is 21.8 Å². The van der Waals surface area contributed by atoms with Crippen LogP contribution < -0.4 is 5.32 Å². The molecule has 34 heavy (non-hydrogen) atoms. The van der Waals surface area contributed by atoms with Crippen LogP contribution in [-0.2, 0) is 32.5 Å². The summed E-state index contributed by atoms with van der Waals surface area (Å²) < 4.78 is 27.8. The van der Waals surface area contributed by atoms with Gasteiger partial charge in [0.2, 0.25) is 10.0 Å². The van der Waals surface area contributed by atoms with Crippen molar-refractivity contribution in [3.63, 3.8) is 0 Å². The fourth-order valence-corrected chi connectivity index (χ4v) is 6.16. The summed E-state index contributed by atoms with van der Waals surface area (Å²) in [6, 6.07) is 14.3. The van der Waals surface area contributed by atoms with E-state index in [2.05, 4.69) is 10.3 Å². The van der Waals surface area contributed by atoms with E-state index in [1.807, 2.05) is 18.2 Å². The minimum absolute atomic E-state index is 0.149. The number of hydrogen-bond acceptors (Lipinski definition) is 5. The number of sulfonamides is 1. The Hall–Kier alpha value is -3.30. The molecule has 0 spiro atoms. The number of pyridine rings is 1. The predicted octanol–water partition coefficient (Wildman–Crippen LogP) is 2.59. The van der Waals surface area contributed by atoms with E-state index in [0.29, 0.717) is 16.1 Å². The van der Waals surface area contributed by atoms with Gasteiger partial charge < -0.3 is 10.2 Å². The van der Waals surface area contributed by atoms with Crippen LogP contribution in [0.3, 0.4) is 0 Å². The molecular formula is C25H26N4O4S. The number of hydrogen-bond donors (Lipinski definition) is 1. The van der Waals surface area contributed by atoms with Crippen LogP contribution in [-0.4, -0.2) is 60.6 Å². The summed E-state index contributed by atoms with van der Waals surface area (Å²) in [4.78, 5) is 31.3. The predicted molar refractivity (Wildman–Crippen MR) is 129 cm³/mol. The maximum Gasteiger partial charge on any atom is 0.313 e. The highest BCUT2D eigenvalue weighted by atomic mass is 32.2. The second-order valence-electron chi connectivity index (χ2n) is 8.66. The third-order valence-electron chi connectivity index (χ3n) is 6.57. The molecule has 1 fully saturated rings. The topological polar surface area (TPSA) is 99.7 Å². The second kappa shape index (κ2) is 9.15. The Morgan fingerprint density at radius 1 is 0.882 bits per heavy atom. The molecule has 8 nitrogen and oxygen atoms in total. The molecule has 3 aromatic rings. The zero-order valence-corrected chi connectivity index (χ0v) is 19.6. The lowest BCUT2D eigenvalue weighted by Gasteiger charge is -2.33. The number of carbonyl (C=O) groups excluding carboxylic acids is 2. The molecule has 0 bridgehead atoms. The average molecular weight is 479 g/mol. The van der Waals surface area contributed by atoms with Crippen LogP contribution in [0.2, 0.25) is 0 Å². The quantitative estimate of drug-likeness (QED) is 0.584. The number of nitrogens with one attached hydrogen (secondary N) is 1. The number of rotatable bonds is 3. The molecular weight excluding hydrogens is 452 g/mol. The zero-order valence-electron chi connectivity index (χ0n) is 18.7. The summed E-state index contributed by atoms with van der Waals surface area (Å²) in [5, 5.41) is 3.42. The van der Waals surface area contributed by atoms with E-state index in [9.17, 15) is 18.0 Å². The first-order chi connectivity index (χ1) is 16.4. The summed E-state index contributed by atoms with van der Waals surface area (Å²) in [7, 11) is -3.65. The monoisotopic (exact) mass is 478 g/mol. The van der Waals surface area contributed by atoms with Crippen molar-refractivity contribution in [1.82, 2.24) is 14.2 Å². The van der Waals surface area contributed by atoms with Crippen LogP contribution in [0.1, 0.15) is 24.0 Å². The largest absolute Gasteiger partial charge is 0.332 e. The molecule has 2 heterocycles. The van der Waals surface area contributed by atoms with Gasteiger partial charge in [-0.05, 0) is 73.2 Å². The van der Waals surface area contributed by atoms with Gasteiger partial charge in [-0.25, -0.2) is 8.42 Å². The zero-order chi connectivity index (χ0) is 23.7. The average Bonchev–Trinajstić information content (AvgIpc) is 2.88. The van der Waals surface area contributed by atoms with E-state index >= 15 is 0 Å². The van der Waals surface area contributed by atoms with Gasteiger partial charge in [0, 0.05) is 37.8 Å². The number of aromatic nitrogens is 1. The molecule has 0 atom stereocenters. The Morgan fingerprint density at radius 3 is 2.44 bits per heavy atom. The van der Waals surface area contributed by atoms with Gasteiger partial charge >= 0.3 is 11.8 Å². The van der Waals surface area contributed by atoms with Crippen LogP contribution in [0.25, 0.3) is 10.9 Å². The van der Waals surface area contributed by atoms with Crippen LogP contribution in [0.4, 0.5) is 5.69 Å². The smallest absolute Gasteiger partial charge is 0.313 e. The lowest BCUT2D eigenvalue weighted by atomic mass is 9.92. The first kappa shape index (κ1) is 22.5. The molecule has 2 amide bonds. The standard InChI is InChI=1S/C25H26N4O4S/c30-24(27-23-9-3-8-22-21(23)7-4-12-26-22)25(31)28-13-15-29(16-14-28)34(32,33)20-11-10-18-5-1-2-6-19(18)17-20/h3-4,7-12,17H,1-2,5-6,13-16H2,(H,27,30). The molecule has 1 saturated heterocycles. The van der Waals surface area contributed by atoms with Gasteiger partial charge in [0.05, 0.1) is 16.1 Å². The number of piperazine rings is 1. The highest BCUT2D eigenvalue weighted by Gasteiger charge is 2.32. The molecule has 1 aliphatic carbocycles. The van der Waals surface area contributed by atoms with E-state index in [1.54, 1.807) is 36.5 Å². The molecule has 2 aliphatic rings. The number of nitrogens with zero attached hydrogens (tertiary/aromatic N) is 3. The van der Waals surface area contributed by atoms with Gasteiger partial charge in [-0.15, -0.1) is 0 Å². The number of aryl methyl sites for hydroxylation is 2. The number of carbonyl (C=O) groups is 2. The van der Waals surface area contributed by atoms with Crippen molar-refractivity contribution in [3.8, 4) is 0 Å². The van der Waals surface area contributed by atoms with Crippen molar-refractivity contribution >= 4 is 38.4 Å². The summed E-state index contributed by atoms with van der Waals surface area (Å²) >= 11 is 0. The molecule has 0 unspecified atom stereocenters. The Kier molecular flexibility index (Phi) is 6.05. The third-order valence-corrected chi connectivity index (χ3v) is 8.47. The second-order valence-corrected chi connectivity index (χ2v) is 10.6. The molecule has 1 aromatic heterocycles. The highest BCUT2D eigenvalue weighted by Crippen LogP contribution is 2.26. The van der Waals surface area contributed by atoms with Gasteiger partial charge in [0.15, 0.2) is 0 Å². The van der Waals surface area contributed by atoms with Gasteiger partial charge in [0.25, 0.3) is 0 Å². The van der Waals surface area contributed by atoms with E-state index in [1.165, 1.54) is 14.8 Å². The minimum atomic E-state index is -3.65. The number of anilines is 1. The van der Waals surface area contributed by atoms with Crippen LogP contribution in [0.5, 0.6) is 0 Å². The van der Waals surface area contributed by atoms with Crippen molar-refractivity contribution in [2.45, 2.75) is 30.6 Å². The summed E-state index contributed by atoms with van der Waals surface area (Å²) in [6.07, 6.45) is 5.78. The van der Waals surface area contributed by atoms with E-state index in [-0.39, 0.29) is 26.2 Å². The van der Waals surface area contributed by atoms with Gasteiger partial charge in [-0.3, -0.25) is 14.6 Å². The first-order valence-corrected chi connectivity index (χ1v) is 12.9. The molecule has 5 rings (SSSR count). The Morgan fingerprint density at radius 2 is 1.65 bits per heavy atom. The van der Waals surface area contributed by atoms with Crippen molar-refractivity contribution in [3.05, 3.63) is 65.9 Å². The molecule has 9 heteroatoms. The number of fused-ring (bicyclic) bond motifs is 2. The molecule has 0 radical (unpaired) electrons. The Balaban J connectivity index is 1.24. The Labute approximate surface area is 198 Å². The lowest BCUT2D eigenvalue weighted by Crippen LogP contribution is -2.52. The number of benzene rings is 2. The van der Waals surface area contributed by atoms with E-state index in [0.717, 1.165) is 36.6 Å².